The van der Waals surface area contributed by atoms with Crippen LogP contribution in [-0.4, -0.2) is 38.4 Å². The normalized spacial score (nSPS) is 19.1. The molecule has 0 unspecified atom stereocenters. The Hall–Kier alpha value is -2.17. The molecular formula is C23H32N4O. The number of aromatic nitrogens is 3. The quantitative estimate of drug-likeness (QED) is 0.769. The molecule has 2 aliphatic rings. The van der Waals surface area contributed by atoms with Crippen molar-refractivity contribution in [2.75, 3.05) is 13.1 Å². The highest BCUT2D eigenvalue weighted by Crippen LogP contribution is 2.29. The zero-order valence-corrected chi connectivity index (χ0v) is 17.0. The van der Waals surface area contributed by atoms with Gasteiger partial charge in [-0.2, -0.15) is 0 Å². The van der Waals surface area contributed by atoms with E-state index in [0.717, 1.165) is 50.3 Å². The van der Waals surface area contributed by atoms with Crippen LogP contribution in [0.15, 0.2) is 30.7 Å². The highest BCUT2D eigenvalue weighted by Gasteiger charge is 2.26. The van der Waals surface area contributed by atoms with Crippen molar-refractivity contribution in [2.24, 2.45) is 11.8 Å². The summed E-state index contributed by atoms with van der Waals surface area (Å²) in [5.74, 6) is 2.62. The number of hydrogen-bond donors (Lipinski definition) is 0. The molecule has 150 valence electrons. The Kier molecular flexibility index (Phi) is 6.08. The van der Waals surface area contributed by atoms with Crippen LogP contribution in [0.25, 0.3) is 11.4 Å². The Bertz CT molecular complexity index is 771. The average molecular weight is 381 g/mol. The number of hydrogen-bond acceptors (Lipinski definition) is 3. The number of aryl methyl sites for hydroxylation is 1. The van der Waals surface area contributed by atoms with Crippen molar-refractivity contribution in [1.29, 1.82) is 0 Å². The molecule has 1 amide bonds. The third-order valence-electron chi connectivity index (χ3n) is 6.57. The van der Waals surface area contributed by atoms with Gasteiger partial charge in [-0.3, -0.25) is 9.78 Å². The lowest BCUT2D eigenvalue weighted by atomic mass is 9.86. The van der Waals surface area contributed by atoms with Crippen LogP contribution in [0.3, 0.4) is 0 Å². The number of pyridine rings is 1. The summed E-state index contributed by atoms with van der Waals surface area (Å²) in [5, 5.41) is 0. The molecule has 0 aromatic carbocycles. The first-order chi connectivity index (χ1) is 13.7. The van der Waals surface area contributed by atoms with E-state index in [2.05, 4.69) is 32.4 Å². The fraction of sp³-hybridized carbons (Fsp3) is 0.609. The van der Waals surface area contributed by atoms with Gasteiger partial charge in [-0.1, -0.05) is 19.3 Å². The second-order valence-corrected chi connectivity index (χ2v) is 8.61. The number of carbonyl (C=O) groups is 1. The maximum Gasteiger partial charge on any atom is 0.222 e. The molecule has 2 aromatic heterocycles. The smallest absolute Gasteiger partial charge is 0.222 e. The lowest BCUT2D eigenvalue weighted by molar-refractivity contribution is -0.133. The minimum absolute atomic E-state index is 0.389. The number of likely N-dealkylation sites (tertiary alicyclic amines) is 1. The van der Waals surface area contributed by atoms with Crippen LogP contribution >= 0.6 is 0 Å². The molecule has 0 N–H and O–H groups in total. The van der Waals surface area contributed by atoms with Crippen LogP contribution in [0, 0.1) is 18.8 Å². The summed E-state index contributed by atoms with van der Waals surface area (Å²) < 4.78 is 2.32. The van der Waals surface area contributed by atoms with E-state index < -0.39 is 0 Å². The van der Waals surface area contributed by atoms with E-state index in [0.29, 0.717) is 17.7 Å². The lowest BCUT2D eigenvalue weighted by Gasteiger charge is -2.34. The van der Waals surface area contributed by atoms with E-state index in [1.807, 2.05) is 18.5 Å². The van der Waals surface area contributed by atoms with E-state index >= 15 is 0 Å². The van der Waals surface area contributed by atoms with Gasteiger partial charge in [0.1, 0.15) is 5.82 Å². The molecule has 5 nitrogen and oxygen atoms in total. The molecule has 2 fully saturated rings. The van der Waals surface area contributed by atoms with E-state index in [-0.39, 0.29) is 0 Å². The first kappa shape index (κ1) is 19.2. The molecule has 1 saturated heterocycles. The SMILES string of the molecule is Cc1cnc(-c2cccnc2)n1CC1CCN(C(=O)CC2CCCCC2)CC1. The number of piperidine rings is 1. The van der Waals surface area contributed by atoms with Gasteiger partial charge in [0.15, 0.2) is 0 Å². The molecule has 3 heterocycles. The van der Waals surface area contributed by atoms with Crippen LogP contribution in [0.4, 0.5) is 0 Å². The van der Waals surface area contributed by atoms with E-state index in [4.69, 9.17) is 0 Å². The fourth-order valence-corrected chi connectivity index (χ4v) is 4.81. The number of rotatable bonds is 5. The third-order valence-corrected chi connectivity index (χ3v) is 6.57. The fourth-order valence-electron chi connectivity index (χ4n) is 4.81. The largest absolute Gasteiger partial charge is 0.343 e. The van der Waals surface area contributed by atoms with Gasteiger partial charge in [0.2, 0.25) is 5.91 Å². The highest BCUT2D eigenvalue weighted by molar-refractivity contribution is 5.76. The molecule has 2 aromatic rings. The second-order valence-electron chi connectivity index (χ2n) is 8.61. The lowest BCUT2D eigenvalue weighted by Crippen LogP contribution is -2.40. The molecule has 0 atom stereocenters. The predicted molar refractivity (Wildman–Crippen MR) is 111 cm³/mol. The predicted octanol–water partition coefficient (Wildman–Crippen LogP) is 4.46. The zero-order valence-electron chi connectivity index (χ0n) is 17.0. The first-order valence-corrected chi connectivity index (χ1v) is 10.9. The second kappa shape index (κ2) is 8.89. The minimum Gasteiger partial charge on any atom is -0.343 e. The van der Waals surface area contributed by atoms with Gasteiger partial charge in [0.05, 0.1) is 0 Å². The number of nitrogens with zero attached hydrogens (tertiary/aromatic N) is 4. The molecule has 0 spiro atoms. The number of amides is 1. The molecule has 4 rings (SSSR count). The molecule has 5 heteroatoms. The van der Waals surface area contributed by atoms with Crippen molar-refractivity contribution in [3.63, 3.8) is 0 Å². The van der Waals surface area contributed by atoms with Gasteiger partial charge in [0.25, 0.3) is 0 Å². The monoisotopic (exact) mass is 380 g/mol. The topological polar surface area (TPSA) is 51.0 Å². The molecule has 1 aliphatic heterocycles. The van der Waals surface area contributed by atoms with Crippen molar-refractivity contribution in [3.05, 3.63) is 36.4 Å². The summed E-state index contributed by atoms with van der Waals surface area (Å²) in [6, 6.07) is 4.03. The van der Waals surface area contributed by atoms with Crippen molar-refractivity contribution >= 4 is 5.91 Å². The van der Waals surface area contributed by atoms with Gasteiger partial charge in [0, 0.05) is 55.9 Å². The van der Waals surface area contributed by atoms with Crippen LogP contribution in [-0.2, 0) is 11.3 Å². The molecule has 0 radical (unpaired) electrons. The zero-order chi connectivity index (χ0) is 19.3. The molecule has 0 bridgehead atoms. The summed E-state index contributed by atoms with van der Waals surface area (Å²) in [7, 11) is 0. The Morgan fingerprint density at radius 1 is 1.07 bits per heavy atom. The van der Waals surface area contributed by atoms with E-state index in [9.17, 15) is 4.79 Å². The minimum atomic E-state index is 0.389. The highest BCUT2D eigenvalue weighted by atomic mass is 16.2. The Balaban J connectivity index is 1.32. The van der Waals surface area contributed by atoms with Crippen LogP contribution < -0.4 is 0 Å². The Morgan fingerprint density at radius 2 is 1.86 bits per heavy atom. The summed E-state index contributed by atoms with van der Waals surface area (Å²) in [6.07, 6.45) is 15.0. The van der Waals surface area contributed by atoms with Crippen LogP contribution in [0.1, 0.15) is 57.1 Å². The first-order valence-electron chi connectivity index (χ1n) is 10.9. The van der Waals surface area contributed by atoms with Gasteiger partial charge < -0.3 is 9.47 Å². The average Bonchev–Trinajstić information content (AvgIpc) is 3.10. The molecule has 1 aliphatic carbocycles. The van der Waals surface area contributed by atoms with Gasteiger partial charge >= 0.3 is 0 Å². The Morgan fingerprint density at radius 3 is 2.57 bits per heavy atom. The van der Waals surface area contributed by atoms with Crippen molar-refractivity contribution in [1.82, 2.24) is 19.4 Å². The summed E-state index contributed by atoms with van der Waals surface area (Å²) in [5.41, 5.74) is 2.25. The summed E-state index contributed by atoms with van der Waals surface area (Å²) in [4.78, 5) is 23.7. The van der Waals surface area contributed by atoms with Crippen LogP contribution in [0.5, 0.6) is 0 Å². The third kappa shape index (κ3) is 4.45. The molecular weight excluding hydrogens is 348 g/mol. The Labute approximate surface area is 168 Å². The summed E-state index contributed by atoms with van der Waals surface area (Å²) in [6.45, 7) is 4.91. The van der Waals surface area contributed by atoms with Crippen molar-refractivity contribution in [2.45, 2.75) is 64.8 Å². The van der Waals surface area contributed by atoms with Gasteiger partial charge in [-0.25, -0.2) is 4.98 Å². The number of carbonyl (C=O) groups excluding carboxylic acids is 1. The number of imidazole rings is 1. The maximum absolute atomic E-state index is 12.7. The van der Waals surface area contributed by atoms with Gasteiger partial charge in [-0.05, 0) is 56.6 Å². The van der Waals surface area contributed by atoms with Crippen molar-refractivity contribution < 1.29 is 4.79 Å². The van der Waals surface area contributed by atoms with E-state index in [1.54, 1.807) is 6.20 Å². The molecule has 1 saturated carbocycles. The van der Waals surface area contributed by atoms with Crippen molar-refractivity contribution in [3.8, 4) is 11.4 Å². The van der Waals surface area contributed by atoms with Gasteiger partial charge in [-0.15, -0.1) is 0 Å². The molecule has 28 heavy (non-hydrogen) atoms. The standard InChI is InChI=1S/C23H32N4O/c1-18-15-25-23(21-8-5-11-24-16-21)27(18)17-20-9-12-26(13-10-20)22(28)14-19-6-3-2-4-7-19/h5,8,11,15-16,19-20H,2-4,6-7,9-10,12-14,17H2,1H3. The summed E-state index contributed by atoms with van der Waals surface area (Å²) >= 11 is 0. The van der Waals surface area contributed by atoms with Crippen LogP contribution in [0.2, 0.25) is 0 Å². The van der Waals surface area contributed by atoms with E-state index in [1.165, 1.54) is 37.8 Å². The maximum atomic E-state index is 12.7.